The SMILES string of the molecule is CCCCCCCCOCCCCF. The van der Waals surface area contributed by atoms with Crippen LogP contribution in [-0.2, 0) is 4.74 Å². The minimum Gasteiger partial charge on any atom is -0.381 e. The quantitative estimate of drug-likeness (QED) is 0.460. The lowest BCUT2D eigenvalue weighted by Crippen LogP contribution is -1.97. The standard InChI is InChI=1S/C12H25FO/c1-2-3-4-5-6-8-11-14-12-9-7-10-13/h2-12H2,1H3. The second kappa shape index (κ2) is 12.9. The fourth-order valence-corrected chi connectivity index (χ4v) is 1.39. The molecule has 0 aromatic heterocycles. The van der Waals surface area contributed by atoms with Crippen molar-refractivity contribution < 1.29 is 9.13 Å². The van der Waals surface area contributed by atoms with Crippen molar-refractivity contribution in [3.8, 4) is 0 Å². The van der Waals surface area contributed by atoms with Crippen molar-refractivity contribution >= 4 is 0 Å². The van der Waals surface area contributed by atoms with E-state index in [1.165, 1.54) is 38.5 Å². The fraction of sp³-hybridized carbons (Fsp3) is 1.00. The molecule has 0 heterocycles. The van der Waals surface area contributed by atoms with E-state index in [1.54, 1.807) is 0 Å². The van der Waals surface area contributed by atoms with Crippen LogP contribution in [0.5, 0.6) is 0 Å². The number of hydrogen-bond acceptors (Lipinski definition) is 1. The zero-order valence-electron chi connectivity index (χ0n) is 9.56. The summed E-state index contributed by atoms with van der Waals surface area (Å²) in [4.78, 5) is 0. The Kier molecular flexibility index (Phi) is 12.8. The second-order valence-corrected chi connectivity index (χ2v) is 3.78. The molecule has 0 rings (SSSR count). The van der Waals surface area contributed by atoms with Crippen LogP contribution in [0, 0.1) is 0 Å². The number of unbranched alkanes of at least 4 members (excludes halogenated alkanes) is 6. The molecule has 0 radical (unpaired) electrons. The number of alkyl halides is 1. The Morgan fingerprint density at radius 1 is 0.786 bits per heavy atom. The van der Waals surface area contributed by atoms with Crippen molar-refractivity contribution in [2.45, 2.75) is 58.3 Å². The lowest BCUT2D eigenvalue weighted by Gasteiger charge is -2.03. The minimum atomic E-state index is -0.208. The Morgan fingerprint density at radius 3 is 2.00 bits per heavy atom. The molecule has 86 valence electrons. The molecule has 0 aromatic carbocycles. The molecule has 0 atom stereocenters. The average Bonchev–Trinajstić information content (AvgIpc) is 2.21. The van der Waals surface area contributed by atoms with Crippen molar-refractivity contribution in [3.05, 3.63) is 0 Å². The number of hydrogen-bond donors (Lipinski definition) is 0. The van der Waals surface area contributed by atoms with Crippen LogP contribution in [-0.4, -0.2) is 19.9 Å². The van der Waals surface area contributed by atoms with Crippen LogP contribution in [0.15, 0.2) is 0 Å². The largest absolute Gasteiger partial charge is 0.381 e. The third-order valence-corrected chi connectivity index (χ3v) is 2.31. The highest BCUT2D eigenvalue weighted by Gasteiger charge is 1.91. The summed E-state index contributed by atoms with van der Waals surface area (Å²) in [5.41, 5.74) is 0. The van der Waals surface area contributed by atoms with Crippen LogP contribution in [0.1, 0.15) is 58.3 Å². The summed E-state index contributed by atoms with van der Waals surface area (Å²) in [6, 6.07) is 0. The third-order valence-electron chi connectivity index (χ3n) is 2.31. The molecule has 0 saturated heterocycles. The van der Waals surface area contributed by atoms with E-state index in [9.17, 15) is 4.39 Å². The van der Waals surface area contributed by atoms with Gasteiger partial charge in [0.15, 0.2) is 0 Å². The van der Waals surface area contributed by atoms with E-state index >= 15 is 0 Å². The van der Waals surface area contributed by atoms with E-state index in [4.69, 9.17) is 4.74 Å². The first-order valence-electron chi connectivity index (χ1n) is 6.05. The molecule has 0 aliphatic rings. The van der Waals surface area contributed by atoms with Crippen LogP contribution in [0.4, 0.5) is 4.39 Å². The normalized spacial score (nSPS) is 10.7. The van der Waals surface area contributed by atoms with Gasteiger partial charge in [-0.15, -0.1) is 0 Å². The van der Waals surface area contributed by atoms with Gasteiger partial charge in [-0.05, 0) is 19.3 Å². The summed E-state index contributed by atoms with van der Waals surface area (Å²) in [7, 11) is 0. The Hall–Kier alpha value is -0.110. The van der Waals surface area contributed by atoms with Crippen molar-refractivity contribution in [1.82, 2.24) is 0 Å². The van der Waals surface area contributed by atoms with Crippen LogP contribution >= 0.6 is 0 Å². The van der Waals surface area contributed by atoms with Crippen LogP contribution in [0.2, 0.25) is 0 Å². The first kappa shape index (κ1) is 13.9. The van der Waals surface area contributed by atoms with E-state index in [0.29, 0.717) is 6.42 Å². The maximum atomic E-state index is 11.7. The molecule has 14 heavy (non-hydrogen) atoms. The maximum Gasteiger partial charge on any atom is 0.0895 e. The van der Waals surface area contributed by atoms with Gasteiger partial charge in [-0.1, -0.05) is 39.0 Å². The molecule has 0 aromatic rings. The molecule has 0 N–H and O–H groups in total. The molecule has 0 amide bonds. The van der Waals surface area contributed by atoms with Gasteiger partial charge in [-0.25, -0.2) is 0 Å². The molecular weight excluding hydrogens is 179 g/mol. The van der Waals surface area contributed by atoms with Crippen LogP contribution < -0.4 is 0 Å². The maximum absolute atomic E-state index is 11.7. The van der Waals surface area contributed by atoms with Crippen molar-refractivity contribution in [3.63, 3.8) is 0 Å². The predicted molar refractivity (Wildman–Crippen MR) is 59.4 cm³/mol. The molecule has 0 fully saturated rings. The highest BCUT2D eigenvalue weighted by atomic mass is 19.1. The highest BCUT2D eigenvalue weighted by Crippen LogP contribution is 2.05. The third kappa shape index (κ3) is 11.9. The first-order chi connectivity index (χ1) is 6.91. The summed E-state index contributed by atoms with van der Waals surface area (Å²) < 4.78 is 17.1. The Bertz CT molecular complexity index is 84.3. The van der Waals surface area contributed by atoms with Crippen LogP contribution in [0.3, 0.4) is 0 Å². The van der Waals surface area contributed by atoms with Gasteiger partial charge in [0.2, 0.25) is 0 Å². The van der Waals surface area contributed by atoms with Gasteiger partial charge >= 0.3 is 0 Å². The van der Waals surface area contributed by atoms with Gasteiger partial charge < -0.3 is 4.74 Å². The monoisotopic (exact) mass is 204 g/mol. The topological polar surface area (TPSA) is 9.23 Å². The summed E-state index contributed by atoms with van der Waals surface area (Å²) in [6.07, 6.45) is 9.32. The smallest absolute Gasteiger partial charge is 0.0895 e. The molecule has 2 heteroatoms. The number of ether oxygens (including phenoxy) is 1. The van der Waals surface area contributed by atoms with Crippen molar-refractivity contribution in [1.29, 1.82) is 0 Å². The molecule has 1 nitrogen and oxygen atoms in total. The summed E-state index contributed by atoms with van der Waals surface area (Å²) >= 11 is 0. The number of rotatable bonds is 11. The lowest BCUT2D eigenvalue weighted by molar-refractivity contribution is 0.124. The molecule has 0 saturated carbocycles. The summed E-state index contributed by atoms with van der Waals surface area (Å²) in [6.45, 7) is 3.62. The van der Waals surface area contributed by atoms with Gasteiger partial charge in [0.05, 0.1) is 6.67 Å². The zero-order valence-corrected chi connectivity index (χ0v) is 9.56. The Morgan fingerprint density at radius 2 is 1.36 bits per heavy atom. The molecule has 0 aliphatic heterocycles. The van der Waals surface area contributed by atoms with Gasteiger partial charge in [0.1, 0.15) is 0 Å². The van der Waals surface area contributed by atoms with Gasteiger partial charge in [0.25, 0.3) is 0 Å². The van der Waals surface area contributed by atoms with E-state index in [1.807, 2.05) is 0 Å². The van der Waals surface area contributed by atoms with Gasteiger partial charge in [0, 0.05) is 13.2 Å². The van der Waals surface area contributed by atoms with Gasteiger partial charge in [-0.2, -0.15) is 0 Å². The van der Waals surface area contributed by atoms with E-state index in [-0.39, 0.29) is 6.67 Å². The van der Waals surface area contributed by atoms with E-state index < -0.39 is 0 Å². The summed E-state index contributed by atoms with van der Waals surface area (Å²) in [5.74, 6) is 0. The number of halogens is 1. The second-order valence-electron chi connectivity index (χ2n) is 3.78. The van der Waals surface area contributed by atoms with E-state index in [0.717, 1.165) is 19.6 Å². The fourth-order valence-electron chi connectivity index (χ4n) is 1.39. The van der Waals surface area contributed by atoms with Crippen molar-refractivity contribution in [2.24, 2.45) is 0 Å². The van der Waals surface area contributed by atoms with E-state index in [2.05, 4.69) is 6.92 Å². The Labute approximate surface area is 88.0 Å². The van der Waals surface area contributed by atoms with Crippen molar-refractivity contribution in [2.75, 3.05) is 19.9 Å². The summed E-state index contributed by atoms with van der Waals surface area (Å²) in [5, 5.41) is 0. The minimum absolute atomic E-state index is 0.208. The molecule has 0 aliphatic carbocycles. The van der Waals surface area contributed by atoms with Crippen LogP contribution in [0.25, 0.3) is 0 Å². The molecule has 0 unspecified atom stereocenters. The Balaban J connectivity index is 2.78. The lowest BCUT2D eigenvalue weighted by atomic mass is 10.1. The van der Waals surface area contributed by atoms with Gasteiger partial charge in [-0.3, -0.25) is 4.39 Å². The molecule has 0 bridgehead atoms. The molecule has 0 spiro atoms. The average molecular weight is 204 g/mol. The highest BCUT2D eigenvalue weighted by molar-refractivity contribution is 4.43. The zero-order chi connectivity index (χ0) is 10.5. The molecular formula is C12H25FO. The first-order valence-corrected chi connectivity index (χ1v) is 6.05. The predicted octanol–water partition coefficient (Wildman–Crippen LogP) is 4.11.